The van der Waals surface area contributed by atoms with Crippen molar-refractivity contribution in [3.05, 3.63) is 71.5 Å². The number of nitrogens with zero attached hydrogens (tertiary/aromatic N) is 2. The second-order valence-electron chi connectivity index (χ2n) is 8.54. The summed E-state index contributed by atoms with van der Waals surface area (Å²) >= 11 is 0. The van der Waals surface area contributed by atoms with Gasteiger partial charge in [0.15, 0.2) is 0 Å². The molecule has 3 nitrogen and oxygen atoms in total. The topological polar surface area (TPSA) is 23.6 Å². The third kappa shape index (κ3) is 3.83. The minimum Gasteiger partial charge on any atom is -0.338 e. The fourth-order valence-electron chi connectivity index (χ4n) is 4.94. The van der Waals surface area contributed by atoms with Crippen LogP contribution in [0.15, 0.2) is 54.6 Å². The lowest BCUT2D eigenvalue weighted by Gasteiger charge is -2.39. The van der Waals surface area contributed by atoms with Gasteiger partial charge in [-0.05, 0) is 29.7 Å². The standard InChI is InChI=1S/C24H29FN2O/c1-17(2)24(28)27-16-21(19-8-10-20(25)11-9-19)22-15-26(13-12-23(22)27)14-18-6-4-3-5-7-18/h3-11,17,21-23H,12-16H2,1-2H3/t21-,22-,23-/m0/s1. The van der Waals surface area contributed by atoms with Crippen molar-refractivity contribution in [3.63, 3.8) is 0 Å². The van der Waals surface area contributed by atoms with Gasteiger partial charge in [0, 0.05) is 50.0 Å². The van der Waals surface area contributed by atoms with Gasteiger partial charge in [0.2, 0.25) is 5.91 Å². The Labute approximate surface area is 167 Å². The Bertz CT molecular complexity index is 805. The number of halogens is 1. The van der Waals surface area contributed by atoms with Crippen LogP contribution >= 0.6 is 0 Å². The molecule has 0 bridgehead atoms. The van der Waals surface area contributed by atoms with Crippen LogP contribution in [0.2, 0.25) is 0 Å². The highest BCUT2D eigenvalue weighted by Crippen LogP contribution is 2.42. The predicted octanol–water partition coefficient (Wildman–Crippen LogP) is 4.30. The van der Waals surface area contributed by atoms with E-state index in [0.29, 0.717) is 5.92 Å². The van der Waals surface area contributed by atoms with Crippen LogP contribution in [0.25, 0.3) is 0 Å². The molecule has 28 heavy (non-hydrogen) atoms. The second-order valence-corrected chi connectivity index (χ2v) is 8.54. The Kier molecular flexibility index (Phi) is 5.49. The number of carbonyl (C=O) groups is 1. The van der Waals surface area contributed by atoms with E-state index in [-0.39, 0.29) is 29.6 Å². The van der Waals surface area contributed by atoms with E-state index < -0.39 is 0 Å². The lowest BCUT2D eigenvalue weighted by atomic mass is 9.81. The summed E-state index contributed by atoms with van der Waals surface area (Å²) in [6.45, 7) is 7.63. The van der Waals surface area contributed by atoms with Crippen molar-refractivity contribution in [3.8, 4) is 0 Å². The Morgan fingerprint density at radius 3 is 2.46 bits per heavy atom. The number of piperidine rings is 1. The zero-order chi connectivity index (χ0) is 19.7. The molecule has 2 aliphatic heterocycles. The average molecular weight is 381 g/mol. The Balaban J connectivity index is 1.57. The SMILES string of the molecule is CC(C)C(=O)N1C[C@@H](c2ccc(F)cc2)[C@@H]2CN(Cc3ccccc3)CC[C@@H]21. The number of amides is 1. The second kappa shape index (κ2) is 8.04. The molecule has 148 valence electrons. The molecule has 2 saturated heterocycles. The van der Waals surface area contributed by atoms with E-state index in [9.17, 15) is 9.18 Å². The lowest BCUT2D eigenvalue weighted by molar-refractivity contribution is -0.136. The third-order valence-electron chi connectivity index (χ3n) is 6.34. The van der Waals surface area contributed by atoms with Gasteiger partial charge in [-0.2, -0.15) is 0 Å². The van der Waals surface area contributed by atoms with Gasteiger partial charge in [0.1, 0.15) is 5.82 Å². The molecule has 0 spiro atoms. The zero-order valence-corrected chi connectivity index (χ0v) is 16.7. The number of carbonyl (C=O) groups excluding carboxylic acids is 1. The fourth-order valence-corrected chi connectivity index (χ4v) is 4.94. The Morgan fingerprint density at radius 2 is 1.79 bits per heavy atom. The predicted molar refractivity (Wildman–Crippen MR) is 109 cm³/mol. The molecule has 2 heterocycles. The molecule has 2 aliphatic rings. The zero-order valence-electron chi connectivity index (χ0n) is 16.7. The van der Waals surface area contributed by atoms with Gasteiger partial charge in [0.25, 0.3) is 0 Å². The first-order chi connectivity index (χ1) is 13.5. The third-order valence-corrected chi connectivity index (χ3v) is 6.34. The van der Waals surface area contributed by atoms with Gasteiger partial charge in [0.05, 0.1) is 0 Å². The van der Waals surface area contributed by atoms with Crippen molar-refractivity contribution >= 4 is 5.91 Å². The average Bonchev–Trinajstić information content (AvgIpc) is 3.07. The normalized spacial score (nSPS) is 25.1. The molecule has 0 aromatic heterocycles. The van der Waals surface area contributed by atoms with Crippen LogP contribution in [0.4, 0.5) is 4.39 Å². The van der Waals surface area contributed by atoms with Gasteiger partial charge in [-0.15, -0.1) is 0 Å². The maximum absolute atomic E-state index is 13.4. The van der Waals surface area contributed by atoms with Crippen molar-refractivity contribution in [2.75, 3.05) is 19.6 Å². The van der Waals surface area contributed by atoms with Crippen LogP contribution in [0, 0.1) is 17.7 Å². The van der Waals surface area contributed by atoms with Crippen molar-refractivity contribution in [2.24, 2.45) is 11.8 Å². The number of hydrogen-bond acceptors (Lipinski definition) is 2. The lowest BCUT2D eigenvalue weighted by Crippen LogP contribution is -2.48. The van der Waals surface area contributed by atoms with Gasteiger partial charge in [-0.1, -0.05) is 56.3 Å². The highest BCUT2D eigenvalue weighted by atomic mass is 19.1. The molecular formula is C24H29FN2O. The highest BCUT2D eigenvalue weighted by Gasteiger charge is 2.47. The number of benzene rings is 2. The summed E-state index contributed by atoms with van der Waals surface area (Å²) in [5, 5.41) is 0. The summed E-state index contributed by atoms with van der Waals surface area (Å²) < 4.78 is 13.4. The van der Waals surface area contributed by atoms with E-state index in [4.69, 9.17) is 0 Å². The first-order valence-electron chi connectivity index (χ1n) is 10.3. The summed E-state index contributed by atoms with van der Waals surface area (Å²) in [5.74, 6) is 0.714. The minimum atomic E-state index is -0.206. The monoisotopic (exact) mass is 380 g/mol. The van der Waals surface area contributed by atoms with Crippen LogP contribution in [-0.4, -0.2) is 41.4 Å². The molecule has 0 radical (unpaired) electrons. The smallest absolute Gasteiger partial charge is 0.225 e. The molecule has 2 aromatic carbocycles. The van der Waals surface area contributed by atoms with Crippen LogP contribution in [0.1, 0.15) is 37.3 Å². The molecule has 1 amide bonds. The molecule has 3 atom stereocenters. The fraction of sp³-hybridized carbons (Fsp3) is 0.458. The molecule has 0 N–H and O–H groups in total. The summed E-state index contributed by atoms with van der Waals surface area (Å²) in [6.07, 6.45) is 1.01. The Hall–Kier alpha value is -2.20. The van der Waals surface area contributed by atoms with E-state index in [1.807, 2.05) is 32.0 Å². The highest BCUT2D eigenvalue weighted by molar-refractivity contribution is 5.79. The Morgan fingerprint density at radius 1 is 1.07 bits per heavy atom. The van der Waals surface area contributed by atoms with Gasteiger partial charge < -0.3 is 4.90 Å². The summed E-state index contributed by atoms with van der Waals surface area (Å²) in [6, 6.07) is 17.7. The minimum absolute atomic E-state index is 0.00923. The van der Waals surface area contributed by atoms with Crippen molar-refractivity contribution in [1.82, 2.24) is 9.80 Å². The molecular weight excluding hydrogens is 351 g/mol. The largest absolute Gasteiger partial charge is 0.338 e. The van der Waals surface area contributed by atoms with E-state index in [1.54, 1.807) is 12.1 Å². The maximum Gasteiger partial charge on any atom is 0.225 e. The maximum atomic E-state index is 13.4. The quantitative estimate of drug-likeness (QED) is 0.790. The van der Waals surface area contributed by atoms with E-state index >= 15 is 0 Å². The molecule has 2 fully saturated rings. The van der Waals surface area contributed by atoms with Gasteiger partial charge in [-0.3, -0.25) is 9.69 Å². The molecule has 4 rings (SSSR count). The summed E-state index contributed by atoms with van der Waals surface area (Å²) in [7, 11) is 0. The van der Waals surface area contributed by atoms with Crippen LogP contribution in [-0.2, 0) is 11.3 Å². The number of likely N-dealkylation sites (tertiary alicyclic amines) is 2. The van der Waals surface area contributed by atoms with Gasteiger partial charge >= 0.3 is 0 Å². The van der Waals surface area contributed by atoms with Crippen LogP contribution < -0.4 is 0 Å². The number of rotatable bonds is 4. The summed E-state index contributed by atoms with van der Waals surface area (Å²) in [5.41, 5.74) is 2.48. The number of fused-ring (bicyclic) bond motifs is 1. The van der Waals surface area contributed by atoms with E-state index in [2.05, 4.69) is 34.1 Å². The molecule has 4 heteroatoms. The van der Waals surface area contributed by atoms with E-state index in [0.717, 1.165) is 38.2 Å². The number of hydrogen-bond donors (Lipinski definition) is 0. The summed E-state index contributed by atoms with van der Waals surface area (Å²) in [4.78, 5) is 17.5. The molecule has 0 saturated carbocycles. The molecule has 2 aromatic rings. The van der Waals surface area contributed by atoms with E-state index in [1.165, 1.54) is 5.56 Å². The first-order valence-corrected chi connectivity index (χ1v) is 10.3. The van der Waals surface area contributed by atoms with Gasteiger partial charge in [-0.25, -0.2) is 4.39 Å². The van der Waals surface area contributed by atoms with Crippen molar-refractivity contribution < 1.29 is 9.18 Å². The molecule has 0 unspecified atom stereocenters. The van der Waals surface area contributed by atoms with Crippen molar-refractivity contribution in [2.45, 2.75) is 38.8 Å². The van der Waals surface area contributed by atoms with Crippen LogP contribution in [0.5, 0.6) is 0 Å². The van der Waals surface area contributed by atoms with Crippen molar-refractivity contribution in [1.29, 1.82) is 0 Å². The van der Waals surface area contributed by atoms with Crippen LogP contribution in [0.3, 0.4) is 0 Å². The first kappa shape index (κ1) is 19.1. The molecule has 0 aliphatic carbocycles.